The van der Waals surface area contributed by atoms with Crippen LogP contribution in [0.2, 0.25) is 0 Å². The van der Waals surface area contributed by atoms with E-state index in [2.05, 4.69) is 19.9 Å². The third-order valence-electron chi connectivity index (χ3n) is 5.89. The van der Waals surface area contributed by atoms with Gasteiger partial charge in [0.1, 0.15) is 18.0 Å². The van der Waals surface area contributed by atoms with Crippen LogP contribution in [0.25, 0.3) is 0 Å². The first-order valence-corrected chi connectivity index (χ1v) is 12.3. The summed E-state index contributed by atoms with van der Waals surface area (Å²) in [6.07, 6.45) is 6.51. The molecule has 192 valence electrons. The summed E-state index contributed by atoms with van der Waals surface area (Å²) >= 11 is 0. The quantitative estimate of drug-likeness (QED) is 0.313. The molecule has 37 heavy (non-hydrogen) atoms. The minimum Gasteiger partial charge on any atom is -0.438 e. The summed E-state index contributed by atoms with van der Waals surface area (Å²) in [5.41, 5.74) is 2.20. The van der Waals surface area contributed by atoms with Crippen molar-refractivity contribution in [1.29, 1.82) is 0 Å². The zero-order valence-corrected chi connectivity index (χ0v) is 20.9. The number of carbonyl (C=O) groups excluding carboxylic acids is 2. The number of anilines is 3. The molecule has 1 fully saturated rings. The van der Waals surface area contributed by atoms with Crippen LogP contribution in [0.15, 0.2) is 79.0 Å². The second-order valence-corrected chi connectivity index (χ2v) is 8.53. The Hall–Kier alpha value is -4.40. The lowest BCUT2D eigenvalue weighted by Gasteiger charge is -2.24. The minimum absolute atomic E-state index is 0.0501. The van der Waals surface area contributed by atoms with Gasteiger partial charge in [0.05, 0.1) is 7.11 Å². The number of nitrogens with one attached hydrogen (secondary N) is 1. The van der Waals surface area contributed by atoms with Crippen LogP contribution in [0, 0.1) is 0 Å². The van der Waals surface area contributed by atoms with Gasteiger partial charge in [0.15, 0.2) is 0 Å². The Bertz CT molecular complexity index is 1200. The van der Waals surface area contributed by atoms with Crippen LogP contribution in [-0.2, 0) is 16.0 Å². The molecule has 1 aromatic heterocycles. The van der Waals surface area contributed by atoms with Crippen molar-refractivity contribution >= 4 is 29.5 Å². The van der Waals surface area contributed by atoms with Crippen molar-refractivity contribution in [2.24, 2.45) is 0 Å². The lowest BCUT2D eigenvalue weighted by Crippen LogP contribution is -2.32. The third kappa shape index (κ3) is 7.30. The number of aromatic nitrogens is 2. The molecule has 2 heterocycles. The van der Waals surface area contributed by atoms with Crippen LogP contribution in [0.5, 0.6) is 0 Å². The first-order chi connectivity index (χ1) is 18.1. The van der Waals surface area contributed by atoms with Gasteiger partial charge in [-0.05, 0) is 36.6 Å². The van der Waals surface area contributed by atoms with Gasteiger partial charge in [-0.1, -0.05) is 54.6 Å². The molecule has 1 saturated heterocycles. The molecule has 2 aromatic carbocycles. The lowest BCUT2D eigenvalue weighted by atomic mass is 10.2. The topological polar surface area (TPSA) is 96.9 Å². The third-order valence-corrected chi connectivity index (χ3v) is 5.89. The Morgan fingerprint density at radius 2 is 1.73 bits per heavy atom. The number of benzene rings is 2. The Morgan fingerprint density at radius 3 is 2.43 bits per heavy atom. The first-order valence-electron chi connectivity index (χ1n) is 12.3. The minimum atomic E-state index is -0.756. The van der Waals surface area contributed by atoms with Crippen molar-refractivity contribution in [3.63, 3.8) is 0 Å². The fourth-order valence-corrected chi connectivity index (χ4v) is 3.99. The lowest BCUT2D eigenvalue weighted by molar-refractivity contribution is 0.0756. The molecule has 1 aliphatic heterocycles. The van der Waals surface area contributed by atoms with Gasteiger partial charge in [-0.25, -0.2) is 9.78 Å². The summed E-state index contributed by atoms with van der Waals surface area (Å²) in [4.78, 5) is 38.2. The van der Waals surface area contributed by atoms with E-state index in [0.717, 1.165) is 37.2 Å². The van der Waals surface area contributed by atoms with E-state index < -0.39 is 6.16 Å². The number of amides is 1. The number of hydrogen-bond donors (Lipinski definition) is 1. The van der Waals surface area contributed by atoms with Crippen LogP contribution in [-0.4, -0.2) is 60.3 Å². The first kappa shape index (κ1) is 25.7. The number of nitrogens with zero attached hydrogens (tertiary/aromatic N) is 4. The standard InChI is InChI=1S/C28H31N5O4/c1-36-28(35)37-19-11-10-18-33(21-22-12-4-2-5-13-22)26(34)24-20-29-27(32-16-8-9-17-32)31-25(24)30-23-14-6-3-7-15-23/h2-7,10-15,20H,8-9,16-19,21H2,1H3,(H,29,30,31)/b11-10+. The molecular formula is C28H31N5O4. The predicted molar refractivity (Wildman–Crippen MR) is 142 cm³/mol. The van der Waals surface area contributed by atoms with Gasteiger partial charge < -0.3 is 24.6 Å². The molecule has 0 radical (unpaired) electrons. The largest absolute Gasteiger partial charge is 0.508 e. The van der Waals surface area contributed by atoms with E-state index >= 15 is 0 Å². The summed E-state index contributed by atoms with van der Waals surface area (Å²) in [5, 5.41) is 3.32. The molecule has 0 unspecified atom stereocenters. The second kappa shape index (κ2) is 13.1. The molecule has 0 aliphatic carbocycles. The highest BCUT2D eigenvalue weighted by Gasteiger charge is 2.23. The number of hydrogen-bond acceptors (Lipinski definition) is 8. The fraction of sp³-hybridized carbons (Fsp3) is 0.286. The molecule has 1 amide bonds. The molecular weight excluding hydrogens is 470 g/mol. The van der Waals surface area contributed by atoms with E-state index in [-0.39, 0.29) is 12.5 Å². The molecule has 0 atom stereocenters. The molecule has 3 aromatic rings. The Morgan fingerprint density at radius 1 is 1.03 bits per heavy atom. The highest BCUT2D eigenvalue weighted by Crippen LogP contribution is 2.25. The second-order valence-electron chi connectivity index (χ2n) is 8.53. The van der Waals surface area contributed by atoms with Gasteiger partial charge in [0.25, 0.3) is 5.91 Å². The number of methoxy groups -OCH3 is 1. The summed E-state index contributed by atoms with van der Waals surface area (Å²) in [6, 6.07) is 19.4. The number of rotatable bonds is 10. The average molecular weight is 502 g/mol. The normalized spacial score (nSPS) is 12.9. The number of ether oxygens (including phenoxy) is 2. The molecule has 9 heteroatoms. The summed E-state index contributed by atoms with van der Waals surface area (Å²) in [5.74, 6) is 0.861. The van der Waals surface area contributed by atoms with E-state index in [1.807, 2.05) is 60.7 Å². The van der Waals surface area contributed by atoms with E-state index in [9.17, 15) is 9.59 Å². The smallest absolute Gasteiger partial charge is 0.438 e. The van der Waals surface area contributed by atoms with Gasteiger partial charge in [-0.3, -0.25) is 4.79 Å². The van der Waals surface area contributed by atoms with E-state index in [4.69, 9.17) is 9.72 Å². The summed E-state index contributed by atoms with van der Waals surface area (Å²) < 4.78 is 9.38. The van der Waals surface area contributed by atoms with E-state index in [0.29, 0.717) is 30.4 Å². The molecule has 0 bridgehead atoms. The Labute approximate surface area is 216 Å². The Kier molecular flexibility index (Phi) is 9.07. The monoisotopic (exact) mass is 501 g/mol. The van der Waals surface area contributed by atoms with Gasteiger partial charge in [-0.15, -0.1) is 0 Å². The summed E-state index contributed by atoms with van der Waals surface area (Å²) in [7, 11) is 1.25. The molecule has 0 spiro atoms. The van der Waals surface area contributed by atoms with Crippen molar-refractivity contribution in [3.8, 4) is 0 Å². The van der Waals surface area contributed by atoms with Crippen molar-refractivity contribution in [1.82, 2.24) is 14.9 Å². The fourth-order valence-electron chi connectivity index (χ4n) is 3.99. The molecule has 4 rings (SSSR count). The van der Waals surface area contributed by atoms with Crippen LogP contribution in [0.3, 0.4) is 0 Å². The molecule has 9 nitrogen and oxygen atoms in total. The van der Waals surface area contributed by atoms with Crippen molar-refractivity contribution in [2.45, 2.75) is 19.4 Å². The molecule has 0 saturated carbocycles. The Balaban J connectivity index is 1.60. The zero-order valence-electron chi connectivity index (χ0n) is 20.9. The summed E-state index contributed by atoms with van der Waals surface area (Å²) in [6.45, 7) is 2.54. The van der Waals surface area contributed by atoms with Crippen LogP contribution >= 0.6 is 0 Å². The molecule has 1 N–H and O–H groups in total. The van der Waals surface area contributed by atoms with Gasteiger partial charge in [0.2, 0.25) is 5.95 Å². The van der Waals surface area contributed by atoms with Gasteiger partial charge >= 0.3 is 6.16 Å². The van der Waals surface area contributed by atoms with Crippen molar-refractivity contribution in [2.75, 3.05) is 43.6 Å². The maximum absolute atomic E-state index is 13.9. The van der Waals surface area contributed by atoms with Crippen LogP contribution in [0.1, 0.15) is 28.8 Å². The number of para-hydroxylation sites is 1. The number of carbonyl (C=O) groups is 2. The van der Waals surface area contributed by atoms with Crippen molar-refractivity contribution in [3.05, 3.63) is 90.1 Å². The van der Waals surface area contributed by atoms with E-state index in [1.54, 1.807) is 23.2 Å². The van der Waals surface area contributed by atoms with Gasteiger partial charge in [0, 0.05) is 38.1 Å². The molecule has 1 aliphatic rings. The average Bonchev–Trinajstić information content (AvgIpc) is 3.48. The highest BCUT2D eigenvalue weighted by atomic mass is 16.7. The van der Waals surface area contributed by atoms with Crippen LogP contribution in [0.4, 0.5) is 22.2 Å². The van der Waals surface area contributed by atoms with Gasteiger partial charge in [-0.2, -0.15) is 4.98 Å². The maximum Gasteiger partial charge on any atom is 0.508 e. The zero-order chi connectivity index (χ0) is 25.9. The van der Waals surface area contributed by atoms with Crippen LogP contribution < -0.4 is 10.2 Å². The maximum atomic E-state index is 13.9. The van der Waals surface area contributed by atoms with Crippen molar-refractivity contribution < 1.29 is 19.1 Å². The predicted octanol–water partition coefficient (Wildman–Crippen LogP) is 4.80. The highest BCUT2D eigenvalue weighted by molar-refractivity contribution is 5.99. The SMILES string of the molecule is COC(=O)OC/C=C/CN(Cc1ccccc1)C(=O)c1cnc(N2CCCC2)nc1Nc1ccccc1. The van der Waals surface area contributed by atoms with E-state index in [1.165, 1.54) is 7.11 Å².